The van der Waals surface area contributed by atoms with Gasteiger partial charge in [0.05, 0.1) is 5.56 Å². The Morgan fingerprint density at radius 2 is 1.92 bits per heavy atom. The van der Waals surface area contributed by atoms with E-state index in [-0.39, 0.29) is 30.5 Å². The lowest BCUT2D eigenvalue weighted by Gasteiger charge is -2.24. The average Bonchev–Trinajstić information content (AvgIpc) is 3.43. The molecule has 0 N–H and O–H groups in total. The number of rotatable bonds is 6. The molecule has 1 aromatic carbocycles. The molecule has 0 bridgehead atoms. The Labute approximate surface area is 144 Å². The van der Waals surface area contributed by atoms with Gasteiger partial charge in [0.15, 0.2) is 0 Å². The third-order valence-electron chi connectivity index (χ3n) is 4.32. The third kappa shape index (κ3) is 4.59. The van der Waals surface area contributed by atoms with Crippen LogP contribution in [0, 0.1) is 0 Å². The molecule has 0 unspecified atom stereocenters. The van der Waals surface area contributed by atoms with E-state index in [0.29, 0.717) is 6.42 Å². The van der Waals surface area contributed by atoms with Crippen LogP contribution in [0.4, 0.5) is 13.2 Å². The van der Waals surface area contributed by atoms with Gasteiger partial charge in [-0.2, -0.15) is 13.2 Å². The molecule has 1 aromatic heterocycles. The number of aryl methyl sites for hydroxylation is 1. The second-order valence-corrected chi connectivity index (χ2v) is 6.27. The number of carbonyl (C=O) groups excluding carboxylic acids is 1. The summed E-state index contributed by atoms with van der Waals surface area (Å²) in [7, 11) is 0. The van der Waals surface area contributed by atoms with Gasteiger partial charge in [0.1, 0.15) is 0 Å². The van der Waals surface area contributed by atoms with Crippen molar-refractivity contribution in [1.29, 1.82) is 0 Å². The highest BCUT2D eigenvalue weighted by Crippen LogP contribution is 2.35. The smallest absolute Gasteiger partial charge is 0.335 e. The SMILES string of the molecule is O=C(CCc1cccnc1)N(Cc1ccccc1C(F)(F)F)C1CC1. The van der Waals surface area contributed by atoms with Crippen molar-refractivity contribution in [2.24, 2.45) is 0 Å². The van der Waals surface area contributed by atoms with Crippen LogP contribution in [-0.2, 0) is 23.9 Å². The Morgan fingerprint density at radius 1 is 1.16 bits per heavy atom. The lowest BCUT2D eigenvalue weighted by Crippen LogP contribution is -2.33. The minimum atomic E-state index is -4.41. The van der Waals surface area contributed by atoms with E-state index in [2.05, 4.69) is 4.98 Å². The number of pyridine rings is 1. The zero-order valence-corrected chi connectivity index (χ0v) is 13.7. The molecule has 1 amide bonds. The van der Waals surface area contributed by atoms with Crippen molar-refractivity contribution >= 4 is 5.91 Å². The van der Waals surface area contributed by atoms with Gasteiger partial charge in [-0.1, -0.05) is 24.3 Å². The van der Waals surface area contributed by atoms with Crippen molar-refractivity contribution in [2.45, 2.75) is 44.4 Å². The van der Waals surface area contributed by atoms with Crippen molar-refractivity contribution < 1.29 is 18.0 Å². The van der Waals surface area contributed by atoms with Crippen molar-refractivity contribution in [1.82, 2.24) is 9.88 Å². The molecular formula is C19H19F3N2O. The number of amides is 1. The van der Waals surface area contributed by atoms with Crippen molar-refractivity contribution in [3.63, 3.8) is 0 Å². The van der Waals surface area contributed by atoms with Crippen molar-refractivity contribution in [3.8, 4) is 0 Å². The van der Waals surface area contributed by atoms with Gasteiger partial charge in [-0.05, 0) is 42.5 Å². The van der Waals surface area contributed by atoms with E-state index in [1.54, 1.807) is 29.4 Å². The summed E-state index contributed by atoms with van der Waals surface area (Å²) in [6.45, 7) is 0.00617. The van der Waals surface area contributed by atoms with Gasteiger partial charge in [0.25, 0.3) is 0 Å². The molecule has 1 heterocycles. The van der Waals surface area contributed by atoms with Gasteiger partial charge in [-0.3, -0.25) is 9.78 Å². The molecule has 0 spiro atoms. The molecule has 25 heavy (non-hydrogen) atoms. The van der Waals surface area contributed by atoms with Crippen LogP contribution in [-0.4, -0.2) is 21.8 Å². The fourth-order valence-electron chi connectivity index (χ4n) is 2.87. The van der Waals surface area contributed by atoms with Crippen LogP contribution < -0.4 is 0 Å². The highest BCUT2D eigenvalue weighted by molar-refractivity contribution is 5.77. The molecule has 1 fully saturated rings. The van der Waals surface area contributed by atoms with Crippen molar-refractivity contribution in [3.05, 3.63) is 65.5 Å². The van der Waals surface area contributed by atoms with Crippen molar-refractivity contribution in [2.75, 3.05) is 0 Å². The number of carbonyl (C=O) groups is 1. The Bertz CT molecular complexity index is 727. The second kappa shape index (κ2) is 7.25. The summed E-state index contributed by atoms with van der Waals surface area (Å²) in [5, 5.41) is 0. The third-order valence-corrected chi connectivity index (χ3v) is 4.32. The molecule has 0 aliphatic heterocycles. The highest BCUT2D eigenvalue weighted by atomic mass is 19.4. The number of nitrogens with zero attached hydrogens (tertiary/aromatic N) is 2. The number of halogens is 3. The first-order valence-corrected chi connectivity index (χ1v) is 8.28. The molecule has 1 saturated carbocycles. The summed E-state index contributed by atoms with van der Waals surface area (Å²) < 4.78 is 39.5. The molecular weight excluding hydrogens is 329 g/mol. The maximum absolute atomic E-state index is 13.2. The van der Waals surface area contributed by atoms with Crippen LogP contribution in [0.15, 0.2) is 48.8 Å². The summed E-state index contributed by atoms with van der Waals surface area (Å²) in [5.74, 6) is -0.108. The van der Waals surface area contributed by atoms with E-state index in [4.69, 9.17) is 0 Å². The number of alkyl halides is 3. The lowest BCUT2D eigenvalue weighted by molar-refractivity contribution is -0.140. The van der Waals surface area contributed by atoms with Crippen LogP contribution in [0.25, 0.3) is 0 Å². The Hall–Kier alpha value is -2.37. The second-order valence-electron chi connectivity index (χ2n) is 6.27. The van der Waals surface area contributed by atoms with E-state index >= 15 is 0 Å². The normalized spacial score (nSPS) is 14.4. The van der Waals surface area contributed by atoms with Gasteiger partial charge >= 0.3 is 6.18 Å². The zero-order valence-electron chi connectivity index (χ0n) is 13.7. The van der Waals surface area contributed by atoms with Gasteiger partial charge < -0.3 is 4.90 Å². The average molecular weight is 348 g/mol. The molecule has 3 rings (SSSR count). The quantitative estimate of drug-likeness (QED) is 0.783. The van der Waals surface area contributed by atoms with Crippen LogP contribution in [0.2, 0.25) is 0 Å². The highest BCUT2D eigenvalue weighted by Gasteiger charge is 2.36. The summed E-state index contributed by atoms with van der Waals surface area (Å²) in [5.41, 5.74) is 0.430. The molecule has 132 valence electrons. The topological polar surface area (TPSA) is 33.2 Å². The predicted molar refractivity (Wildman–Crippen MR) is 87.6 cm³/mol. The number of benzene rings is 1. The fraction of sp³-hybridized carbons (Fsp3) is 0.368. The fourth-order valence-corrected chi connectivity index (χ4v) is 2.87. The number of hydrogen-bond donors (Lipinski definition) is 0. The largest absolute Gasteiger partial charge is 0.416 e. The molecule has 2 aromatic rings. The zero-order chi connectivity index (χ0) is 17.9. The van der Waals surface area contributed by atoms with Gasteiger partial charge in [0.2, 0.25) is 5.91 Å². The molecule has 1 aliphatic rings. The van der Waals surface area contributed by atoms with Crippen LogP contribution in [0.5, 0.6) is 0 Å². The maximum atomic E-state index is 13.2. The standard InChI is InChI=1S/C19H19F3N2O/c20-19(21,22)17-6-2-1-5-15(17)13-24(16-8-9-16)18(25)10-7-14-4-3-11-23-12-14/h1-6,11-12,16H,7-10,13H2. The van der Waals surface area contributed by atoms with Gasteiger partial charge in [0, 0.05) is 31.4 Å². The van der Waals surface area contributed by atoms with E-state index in [1.807, 2.05) is 6.07 Å². The first-order valence-electron chi connectivity index (χ1n) is 8.28. The first kappa shape index (κ1) is 17.5. The summed E-state index contributed by atoms with van der Waals surface area (Å²) in [6, 6.07) is 9.22. The van der Waals surface area contributed by atoms with E-state index in [0.717, 1.165) is 24.5 Å². The molecule has 0 atom stereocenters. The van der Waals surface area contributed by atoms with Crippen LogP contribution in [0.3, 0.4) is 0 Å². The molecule has 3 nitrogen and oxygen atoms in total. The summed E-state index contributed by atoms with van der Waals surface area (Å²) >= 11 is 0. The lowest BCUT2D eigenvalue weighted by atomic mass is 10.1. The van der Waals surface area contributed by atoms with Crippen LogP contribution >= 0.6 is 0 Å². The molecule has 0 saturated heterocycles. The first-order chi connectivity index (χ1) is 11.9. The maximum Gasteiger partial charge on any atom is 0.416 e. The van der Waals surface area contributed by atoms with Gasteiger partial charge in [-0.15, -0.1) is 0 Å². The van der Waals surface area contributed by atoms with Gasteiger partial charge in [-0.25, -0.2) is 0 Å². The Balaban J connectivity index is 1.71. The molecule has 0 radical (unpaired) electrons. The monoisotopic (exact) mass is 348 g/mol. The molecule has 6 heteroatoms. The summed E-state index contributed by atoms with van der Waals surface area (Å²) in [4.78, 5) is 18.2. The predicted octanol–water partition coefficient (Wildman–Crippen LogP) is 4.22. The minimum absolute atomic E-state index is 0.00617. The minimum Gasteiger partial charge on any atom is -0.335 e. The number of hydrogen-bond acceptors (Lipinski definition) is 2. The summed E-state index contributed by atoms with van der Waals surface area (Å²) in [6.07, 6.45) is 1.47. The van der Waals surface area contributed by atoms with E-state index < -0.39 is 11.7 Å². The Kier molecular flexibility index (Phi) is 5.06. The number of aromatic nitrogens is 1. The van der Waals surface area contributed by atoms with E-state index in [9.17, 15) is 18.0 Å². The Morgan fingerprint density at radius 3 is 2.56 bits per heavy atom. The molecule has 1 aliphatic carbocycles. The van der Waals surface area contributed by atoms with Crippen LogP contribution in [0.1, 0.15) is 36.0 Å². The van der Waals surface area contributed by atoms with E-state index in [1.165, 1.54) is 12.1 Å².